The number of ether oxygens (including phenoxy) is 2. The van der Waals surface area contributed by atoms with Gasteiger partial charge in [0.05, 0.1) is 7.11 Å². The highest BCUT2D eigenvalue weighted by Gasteiger charge is 2.36. The standard InChI is InChI=1S/C24H34N2O2/c1-24(2,3)23(20-15-14-18-10-6-7-11-19(18)25-20)26(4)16-17-28-22-13-9-8-12-21(22)27-5/h6-13,20,23,25H,14-17H2,1-5H3. The molecule has 4 nitrogen and oxygen atoms in total. The minimum absolute atomic E-state index is 0.156. The number of rotatable bonds is 7. The fraction of sp³-hybridized carbons (Fsp3) is 0.500. The van der Waals surface area contributed by atoms with E-state index >= 15 is 0 Å². The summed E-state index contributed by atoms with van der Waals surface area (Å²) in [5.41, 5.74) is 2.86. The van der Waals surface area contributed by atoms with Gasteiger partial charge in [0, 0.05) is 24.3 Å². The zero-order chi connectivity index (χ0) is 20.1. The summed E-state index contributed by atoms with van der Waals surface area (Å²) in [5.74, 6) is 1.58. The van der Waals surface area contributed by atoms with Crippen molar-refractivity contribution in [1.82, 2.24) is 4.90 Å². The third kappa shape index (κ3) is 4.79. The van der Waals surface area contributed by atoms with Crippen molar-refractivity contribution in [2.24, 2.45) is 5.41 Å². The molecule has 0 amide bonds. The van der Waals surface area contributed by atoms with Crippen LogP contribution in [0.15, 0.2) is 48.5 Å². The highest BCUT2D eigenvalue weighted by atomic mass is 16.5. The summed E-state index contributed by atoms with van der Waals surface area (Å²) in [6, 6.07) is 17.3. The third-order valence-corrected chi connectivity index (χ3v) is 5.60. The van der Waals surface area contributed by atoms with Gasteiger partial charge in [-0.05, 0) is 49.1 Å². The normalized spacial score (nSPS) is 17.6. The minimum Gasteiger partial charge on any atom is -0.493 e. The number of hydrogen-bond donors (Lipinski definition) is 1. The van der Waals surface area contributed by atoms with Crippen molar-refractivity contribution in [3.63, 3.8) is 0 Å². The first-order valence-electron chi connectivity index (χ1n) is 10.2. The molecule has 28 heavy (non-hydrogen) atoms. The number of anilines is 1. The fourth-order valence-electron chi connectivity index (χ4n) is 4.45. The lowest BCUT2D eigenvalue weighted by Gasteiger charge is -2.45. The Morgan fingerprint density at radius 3 is 2.46 bits per heavy atom. The van der Waals surface area contributed by atoms with Gasteiger partial charge >= 0.3 is 0 Å². The number of methoxy groups -OCH3 is 1. The van der Waals surface area contributed by atoms with Gasteiger partial charge in [-0.25, -0.2) is 0 Å². The smallest absolute Gasteiger partial charge is 0.161 e. The van der Waals surface area contributed by atoms with E-state index in [1.54, 1.807) is 7.11 Å². The lowest BCUT2D eigenvalue weighted by atomic mass is 9.78. The molecule has 0 bridgehead atoms. The molecule has 1 N–H and O–H groups in total. The second-order valence-corrected chi connectivity index (χ2v) is 8.74. The molecule has 0 radical (unpaired) electrons. The molecule has 2 aromatic rings. The molecule has 0 aliphatic carbocycles. The summed E-state index contributed by atoms with van der Waals surface area (Å²) in [6.07, 6.45) is 2.28. The Kier molecular flexibility index (Phi) is 6.50. The Hall–Kier alpha value is -2.20. The lowest BCUT2D eigenvalue weighted by Crippen LogP contribution is -2.54. The Labute approximate surface area is 169 Å². The van der Waals surface area contributed by atoms with Gasteiger partial charge in [-0.3, -0.25) is 4.90 Å². The molecule has 0 aromatic heterocycles. The van der Waals surface area contributed by atoms with E-state index in [0.717, 1.165) is 30.9 Å². The van der Waals surface area contributed by atoms with Crippen molar-refractivity contribution in [3.8, 4) is 11.5 Å². The third-order valence-electron chi connectivity index (χ3n) is 5.60. The van der Waals surface area contributed by atoms with Crippen LogP contribution in [0.2, 0.25) is 0 Å². The van der Waals surface area contributed by atoms with Crippen molar-refractivity contribution in [1.29, 1.82) is 0 Å². The minimum atomic E-state index is 0.156. The van der Waals surface area contributed by atoms with Gasteiger partial charge < -0.3 is 14.8 Å². The second kappa shape index (κ2) is 8.87. The van der Waals surface area contributed by atoms with E-state index in [-0.39, 0.29) is 5.41 Å². The van der Waals surface area contributed by atoms with Crippen molar-refractivity contribution in [2.45, 2.75) is 45.7 Å². The lowest BCUT2D eigenvalue weighted by molar-refractivity contribution is 0.0891. The summed E-state index contributed by atoms with van der Waals surface area (Å²) in [6.45, 7) is 8.49. The van der Waals surface area contributed by atoms with Gasteiger partial charge in [0.2, 0.25) is 0 Å². The Morgan fingerprint density at radius 1 is 1.07 bits per heavy atom. The van der Waals surface area contributed by atoms with Crippen LogP contribution in [0, 0.1) is 5.41 Å². The monoisotopic (exact) mass is 382 g/mol. The average molecular weight is 383 g/mol. The second-order valence-electron chi connectivity index (χ2n) is 8.74. The molecule has 1 aliphatic rings. The molecule has 1 aliphatic heterocycles. The Morgan fingerprint density at radius 2 is 1.75 bits per heavy atom. The molecule has 2 aromatic carbocycles. The zero-order valence-corrected chi connectivity index (χ0v) is 17.9. The zero-order valence-electron chi connectivity index (χ0n) is 17.9. The first-order chi connectivity index (χ1) is 13.4. The van der Waals surface area contributed by atoms with E-state index in [1.165, 1.54) is 11.3 Å². The highest BCUT2D eigenvalue weighted by Crippen LogP contribution is 2.34. The first-order valence-corrected chi connectivity index (χ1v) is 10.2. The predicted molar refractivity (Wildman–Crippen MR) is 117 cm³/mol. The summed E-state index contributed by atoms with van der Waals surface area (Å²) in [7, 11) is 3.89. The molecular weight excluding hydrogens is 348 g/mol. The average Bonchev–Trinajstić information content (AvgIpc) is 2.67. The molecule has 0 spiro atoms. The molecule has 0 fully saturated rings. The number of benzene rings is 2. The van der Waals surface area contributed by atoms with Crippen LogP contribution in [0.4, 0.5) is 5.69 Å². The van der Waals surface area contributed by atoms with E-state index < -0.39 is 0 Å². The SMILES string of the molecule is COc1ccccc1OCCN(C)C(C1CCc2ccccc2N1)C(C)(C)C. The van der Waals surface area contributed by atoms with Gasteiger partial charge in [-0.2, -0.15) is 0 Å². The van der Waals surface area contributed by atoms with Crippen LogP contribution in [0.25, 0.3) is 0 Å². The number of para-hydroxylation sites is 3. The van der Waals surface area contributed by atoms with E-state index in [0.29, 0.717) is 18.7 Å². The van der Waals surface area contributed by atoms with Crippen LogP contribution in [0.1, 0.15) is 32.8 Å². The number of hydrogen-bond acceptors (Lipinski definition) is 4. The number of aryl methyl sites for hydroxylation is 1. The highest BCUT2D eigenvalue weighted by molar-refractivity contribution is 5.54. The molecular formula is C24H34N2O2. The van der Waals surface area contributed by atoms with E-state index in [2.05, 4.69) is 62.3 Å². The number of fused-ring (bicyclic) bond motifs is 1. The summed E-state index contributed by atoms with van der Waals surface area (Å²) >= 11 is 0. The van der Waals surface area contributed by atoms with Gasteiger partial charge in [-0.1, -0.05) is 51.1 Å². The Bertz CT molecular complexity index is 769. The van der Waals surface area contributed by atoms with Gasteiger partial charge in [0.25, 0.3) is 0 Å². The number of nitrogens with one attached hydrogen (secondary N) is 1. The van der Waals surface area contributed by atoms with Crippen molar-refractivity contribution in [3.05, 3.63) is 54.1 Å². The van der Waals surface area contributed by atoms with E-state index in [4.69, 9.17) is 9.47 Å². The van der Waals surface area contributed by atoms with Crippen molar-refractivity contribution >= 4 is 5.69 Å². The molecule has 152 valence electrons. The molecule has 2 unspecified atom stereocenters. The van der Waals surface area contributed by atoms with E-state index in [9.17, 15) is 0 Å². The predicted octanol–water partition coefficient (Wildman–Crippen LogP) is 4.85. The number of likely N-dealkylation sites (N-methyl/N-ethyl adjacent to an activating group) is 1. The topological polar surface area (TPSA) is 33.7 Å². The molecule has 1 heterocycles. The van der Waals surface area contributed by atoms with Gasteiger partial charge in [0.1, 0.15) is 6.61 Å². The molecule has 4 heteroatoms. The van der Waals surface area contributed by atoms with E-state index in [1.807, 2.05) is 24.3 Å². The molecule has 0 saturated carbocycles. The van der Waals surface area contributed by atoms with Crippen molar-refractivity contribution < 1.29 is 9.47 Å². The first kappa shape index (κ1) is 20.5. The van der Waals surface area contributed by atoms with Crippen LogP contribution in [0.5, 0.6) is 11.5 Å². The van der Waals surface area contributed by atoms with Crippen LogP contribution in [-0.2, 0) is 6.42 Å². The quantitative estimate of drug-likeness (QED) is 0.742. The van der Waals surface area contributed by atoms with Crippen LogP contribution < -0.4 is 14.8 Å². The summed E-state index contributed by atoms with van der Waals surface area (Å²) in [4.78, 5) is 2.45. The molecule has 3 rings (SSSR count). The maximum absolute atomic E-state index is 6.02. The largest absolute Gasteiger partial charge is 0.493 e. The maximum Gasteiger partial charge on any atom is 0.161 e. The van der Waals surface area contributed by atoms with Crippen LogP contribution in [-0.4, -0.2) is 44.3 Å². The van der Waals surface area contributed by atoms with Crippen molar-refractivity contribution in [2.75, 3.05) is 32.6 Å². The van der Waals surface area contributed by atoms with Gasteiger partial charge in [0.15, 0.2) is 11.5 Å². The van der Waals surface area contributed by atoms with Crippen LogP contribution in [0.3, 0.4) is 0 Å². The Balaban J connectivity index is 1.65. The fourth-order valence-corrected chi connectivity index (χ4v) is 4.45. The number of nitrogens with zero attached hydrogens (tertiary/aromatic N) is 1. The maximum atomic E-state index is 6.02. The van der Waals surface area contributed by atoms with Gasteiger partial charge in [-0.15, -0.1) is 0 Å². The molecule has 0 saturated heterocycles. The summed E-state index contributed by atoms with van der Waals surface area (Å²) < 4.78 is 11.4. The van der Waals surface area contributed by atoms with Crippen LogP contribution >= 0.6 is 0 Å². The molecule has 2 atom stereocenters. The summed E-state index contributed by atoms with van der Waals surface area (Å²) in [5, 5.41) is 3.81.